The van der Waals surface area contributed by atoms with Gasteiger partial charge in [0.1, 0.15) is 5.82 Å². The third-order valence-electron chi connectivity index (χ3n) is 4.95. The molecule has 3 aromatic rings. The van der Waals surface area contributed by atoms with Gasteiger partial charge in [0, 0.05) is 38.0 Å². The third kappa shape index (κ3) is 4.49. The molecule has 2 heterocycles. The van der Waals surface area contributed by atoms with E-state index in [0.29, 0.717) is 26.2 Å². The third-order valence-corrected chi connectivity index (χ3v) is 7.80. The highest BCUT2D eigenvalue weighted by atomic mass is 32.2. The molecule has 2 aromatic carbocycles. The summed E-state index contributed by atoms with van der Waals surface area (Å²) in [7, 11) is -3.68. The van der Waals surface area contributed by atoms with E-state index < -0.39 is 15.8 Å². The quantitative estimate of drug-likeness (QED) is 0.618. The number of halogens is 1. The standard InChI is InChI=1S/C21H22FN3O2S2/c1-16-4-2-5-17(12-16)13-19-15-28-21(23-19)24-8-10-25(11-9-24)29(26,27)20-7-3-6-18(22)14-20/h2-7,12,14-15H,8-11,13H2,1H3. The van der Waals surface area contributed by atoms with Gasteiger partial charge in [0.15, 0.2) is 5.13 Å². The molecule has 0 aliphatic carbocycles. The Morgan fingerprint density at radius 2 is 1.83 bits per heavy atom. The van der Waals surface area contributed by atoms with Gasteiger partial charge < -0.3 is 4.90 Å². The predicted molar refractivity (Wildman–Crippen MR) is 113 cm³/mol. The summed E-state index contributed by atoms with van der Waals surface area (Å²) in [5.74, 6) is -0.548. The number of benzene rings is 2. The van der Waals surface area contributed by atoms with Crippen molar-refractivity contribution in [1.82, 2.24) is 9.29 Å². The topological polar surface area (TPSA) is 53.5 Å². The summed E-state index contributed by atoms with van der Waals surface area (Å²) in [6.07, 6.45) is 0.784. The number of hydrogen-bond donors (Lipinski definition) is 0. The van der Waals surface area contributed by atoms with Crippen molar-refractivity contribution in [2.75, 3.05) is 31.1 Å². The lowest BCUT2D eigenvalue weighted by Crippen LogP contribution is -2.48. The maximum atomic E-state index is 13.4. The number of hydrogen-bond acceptors (Lipinski definition) is 5. The van der Waals surface area contributed by atoms with Crippen molar-refractivity contribution in [3.63, 3.8) is 0 Å². The summed E-state index contributed by atoms with van der Waals surface area (Å²) in [6, 6.07) is 13.6. The first-order chi connectivity index (χ1) is 13.9. The van der Waals surface area contributed by atoms with Gasteiger partial charge in [-0.1, -0.05) is 35.9 Å². The van der Waals surface area contributed by atoms with Gasteiger partial charge in [-0.2, -0.15) is 4.31 Å². The van der Waals surface area contributed by atoms with Crippen LogP contribution in [0.3, 0.4) is 0 Å². The van der Waals surface area contributed by atoms with Crippen LogP contribution in [0.1, 0.15) is 16.8 Å². The summed E-state index contributed by atoms with van der Waals surface area (Å²) < 4.78 is 40.3. The molecule has 1 aliphatic heterocycles. The fourth-order valence-corrected chi connectivity index (χ4v) is 5.78. The van der Waals surface area contributed by atoms with Crippen molar-refractivity contribution in [2.24, 2.45) is 0 Å². The van der Waals surface area contributed by atoms with Crippen molar-refractivity contribution < 1.29 is 12.8 Å². The van der Waals surface area contributed by atoms with Gasteiger partial charge in [-0.15, -0.1) is 11.3 Å². The van der Waals surface area contributed by atoms with Crippen molar-refractivity contribution in [3.05, 3.63) is 76.5 Å². The second kappa shape index (κ2) is 8.22. The van der Waals surface area contributed by atoms with E-state index >= 15 is 0 Å². The average Bonchev–Trinajstić information content (AvgIpc) is 3.16. The largest absolute Gasteiger partial charge is 0.345 e. The molecule has 0 bridgehead atoms. The highest BCUT2D eigenvalue weighted by molar-refractivity contribution is 7.89. The molecule has 0 N–H and O–H groups in total. The van der Waals surface area contributed by atoms with Gasteiger partial charge in [0.05, 0.1) is 10.6 Å². The SMILES string of the molecule is Cc1cccc(Cc2csc(N3CCN(S(=O)(=O)c4cccc(F)c4)CC3)n2)c1. The first-order valence-electron chi connectivity index (χ1n) is 9.42. The van der Waals surface area contributed by atoms with Gasteiger partial charge in [0.2, 0.25) is 10.0 Å². The Morgan fingerprint density at radius 3 is 2.55 bits per heavy atom. The zero-order valence-corrected chi connectivity index (χ0v) is 17.7. The van der Waals surface area contributed by atoms with E-state index in [-0.39, 0.29) is 4.90 Å². The first kappa shape index (κ1) is 20.0. The number of piperazine rings is 1. The molecule has 29 heavy (non-hydrogen) atoms. The Kier molecular flexibility index (Phi) is 5.67. The summed E-state index contributed by atoms with van der Waals surface area (Å²) in [6.45, 7) is 3.91. The van der Waals surface area contributed by atoms with Crippen LogP contribution >= 0.6 is 11.3 Å². The van der Waals surface area contributed by atoms with Crippen LogP contribution in [0.15, 0.2) is 58.8 Å². The van der Waals surface area contributed by atoms with E-state index in [4.69, 9.17) is 4.98 Å². The zero-order chi connectivity index (χ0) is 20.4. The lowest BCUT2D eigenvalue weighted by Gasteiger charge is -2.33. The molecule has 0 saturated carbocycles. The number of rotatable bonds is 5. The highest BCUT2D eigenvalue weighted by Gasteiger charge is 2.29. The van der Waals surface area contributed by atoms with Crippen LogP contribution < -0.4 is 4.90 Å². The molecule has 0 atom stereocenters. The van der Waals surface area contributed by atoms with Gasteiger partial charge in [-0.3, -0.25) is 0 Å². The first-order valence-corrected chi connectivity index (χ1v) is 11.7. The van der Waals surface area contributed by atoms with Crippen LogP contribution in [0.4, 0.5) is 9.52 Å². The second-order valence-corrected chi connectivity index (χ2v) is 9.91. The van der Waals surface area contributed by atoms with E-state index in [9.17, 15) is 12.8 Å². The van der Waals surface area contributed by atoms with Crippen LogP contribution in [0, 0.1) is 12.7 Å². The molecule has 5 nitrogen and oxygen atoms in total. The van der Waals surface area contributed by atoms with E-state index in [1.54, 1.807) is 11.3 Å². The Hall–Kier alpha value is -2.29. The van der Waals surface area contributed by atoms with Crippen molar-refractivity contribution >= 4 is 26.5 Å². The maximum Gasteiger partial charge on any atom is 0.243 e. The molecule has 0 spiro atoms. The number of thiazole rings is 1. The molecular formula is C21H22FN3O2S2. The van der Waals surface area contributed by atoms with Crippen molar-refractivity contribution in [3.8, 4) is 0 Å². The van der Waals surface area contributed by atoms with Crippen LogP contribution in [-0.2, 0) is 16.4 Å². The molecular weight excluding hydrogens is 409 g/mol. The molecule has 1 saturated heterocycles. The molecule has 8 heteroatoms. The molecule has 1 aliphatic rings. The van der Waals surface area contributed by atoms with E-state index in [0.717, 1.165) is 23.3 Å². The monoisotopic (exact) mass is 431 g/mol. The second-order valence-electron chi connectivity index (χ2n) is 7.14. The Morgan fingerprint density at radius 1 is 1.07 bits per heavy atom. The molecule has 152 valence electrons. The van der Waals surface area contributed by atoms with E-state index in [1.807, 2.05) is 0 Å². The van der Waals surface area contributed by atoms with Gasteiger partial charge >= 0.3 is 0 Å². The molecule has 0 radical (unpaired) electrons. The Balaban J connectivity index is 1.40. The minimum Gasteiger partial charge on any atom is -0.345 e. The fraction of sp³-hybridized carbons (Fsp3) is 0.286. The van der Waals surface area contributed by atoms with Crippen LogP contribution in [-0.4, -0.2) is 43.9 Å². The van der Waals surface area contributed by atoms with Gasteiger partial charge in [-0.05, 0) is 30.7 Å². The number of anilines is 1. The molecule has 1 fully saturated rings. The van der Waals surface area contributed by atoms with E-state index in [2.05, 4.69) is 41.5 Å². The lowest BCUT2D eigenvalue weighted by atomic mass is 10.1. The van der Waals surface area contributed by atoms with E-state index in [1.165, 1.54) is 33.6 Å². The molecule has 0 amide bonds. The molecule has 4 rings (SSSR count). The van der Waals surface area contributed by atoms with Crippen LogP contribution in [0.5, 0.6) is 0 Å². The predicted octanol–water partition coefficient (Wildman–Crippen LogP) is 3.69. The number of sulfonamides is 1. The maximum absolute atomic E-state index is 13.4. The van der Waals surface area contributed by atoms with Crippen molar-refractivity contribution in [2.45, 2.75) is 18.2 Å². The molecule has 0 unspecified atom stereocenters. The smallest absolute Gasteiger partial charge is 0.243 e. The summed E-state index contributed by atoms with van der Waals surface area (Å²) in [5.41, 5.74) is 3.48. The fourth-order valence-electron chi connectivity index (χ4n) is 3.45. The van der Waals surface area contributed by atoms with Crippen LogP contribution in [0.2, 0.25) is 0 Å². The zero-order valence-electron chi connectivity index (χ0n) is 16.1. The average molecular weight is 432 g/mol. The van der Waals surface area contributed by atoms with Crippen molar-refractivity contribution in [1.29, 1.82) is 0 Å². The van der Waals surface area contributed by atoms with Crippen LogP contribution in [0.25, 0.3) is 0 Å². The molecule has 1 aromatic heterocycles. The van der Waals surface area contributed by atoms with Gasteiger partial charge in [0.25, 0.3) is 0 Å². The van der Waals surface area contributed by atoms with Gasteiger partial charge in [-0.25, -0.2) is 17.8 Å². The number of aryl methyl sites for hydroxylation is 1. The number of nitrogens with zero attached hydrogens (tertiary/aromatic N) is 3. The summed E-state index contributed by atoms with van der Waals surface area (Å²) >= 11 is 1.58. The lowest BCUT2D eigenvalue weighted by molar-refractivity contribution is 0.384. The highest BCUT2D eigenvalue weighted by Crippen LogP contribution is 2.25. The Labute approximate surface area is 174 Å². The summed E-state index contributed by atoms with van der Waals surface area (Å²) in [4.78, 5) is 6.86. The Bertz CT molecular complexity index is 1110. The summed E-state index contributed by atoms with van der Waals surface area (Å²) in [5, 5.41) is 2.98. The minimum atomic E-state index is -3.68. The number of aromatic nitrogens is 1. The normalized spacial score (nSPS) is 15.6. The minimum absolute atomic E-state index is 0.000592.